The molecule has 0 aliphatic heterocycles. The molecule has 0 saturated heterocycles. The predicted molar refractivity (Wildman–Crippen MR) is 79.2 cm³/mol. The number of anilines is 1. The van der Waals surface area contributed by atoms with E-state index in [0.29, 0.717) is 24.4 Å². The first-order chi connectivity index (χ1) is 10.1. The molecule has 0 amide bonds. The molecule has 0 bridgehead atoms. The first-order valence-corrected chi connectivity index (χ1v) is 7.04. The molecule has 114 valence electrons. The number of nitrogens with zero attached hydrogens (tertiary/aromatic N) is 1. The van der Waals surface area contributed by atoms with Crippen LogP contribution in [0.2, 0.25) is 0 Å². The van der Waals surface area contributed by atoms with Gasteiger partial charge in [0.1, 0.15) is 23.1 Å². The molecule has 1 aromatic heterocycles. The van der Waals surface area contributed by atoms with Crippen LogP contribution < -0.4 is 10.2 Å². The smallest absolute Gasteiger partial charge is 0.149 e. The Hall–Kier alpha value is -1.88. The fourth-order valence-corrected chi connectivity index (χ4v) is 2.21. The average Bonchev–Trinajstić information content (AvgIpc) is 2.91. The van der Waals surface area contributed by atoms with Gasteiger partial charge in [0.2, 0.25) is 0 Å². The van der Waals surface area contributed by atoms with E-state index < -0.39 is 11.6 Å². The summed E-state index contributed by atoms with van der Waals surface area (Å²) in [4.78, 5) is 1.51. The second kappa shape index (κ2) is 7.22. The van der Waals surface area contributed by atoms with Crippen LogP contribution in [0.3, 0.4) is 0 Å². The number of benzene rings is 1. The first-order valence-electron chi connectivity index (χ1n) is 7.04. The van der Waals surface area contributed by atoms with Gasteiger partial charge < -0.3 is 14.6 Å². The van der Waals surface area contributed by atoms with Crippen LogP contribution in [0, 0.1) is 11.6 Å². The number of hydrogen-bond acceptors (Lipinski definition) is 3. The van der Waals surface area contributed by atoms with Gasteiger partial charge in [-0.1, -0.05) is 6.92 Å². The molecule has 0 fully saturated rings. The summed E-state index contributed by atoms with van der Waals surface area (Å²) in [5, 5.41) is 3.13. The molecule has 0 atom stereocenters. The van der Waals surface area contributed by atoms with Gasteiger partial charge >= 0.3 is 0 Å². The van der Waals surface area contributed by atoms with E-state index >= 15 is 0 Å². The average molecular weight is 294 g/mol. The highest BCUT2D eigenvalue weighted by molar-refractivity contribution is 5.50. The van der Waals surface area contributed by atoms with Gasteiger partial charge in [0.15, 0.2) is 0 Å². The van der Waals surface area contributed by atoms with Gasteiger partial charge in [-0.3, -0.25) is 0 Å². The van der Waals surface area contributed by atoms with Gasteiger partial charge in [-0.05, 0) is 42.8 Å². The summed E-state index contributed by atoms with van der Waals surface area (Å²) < 4.78 is 33.5. The minimum atomic E-state index is -0.558. The second-order valence-corrected chi connectivity index (χ2v) is 5.02. The Morgan fingerprint density at radius 2 is 1.95 bits per heavy atom. The standard InChI is InChI=1S/C16H20F2N2O/c1-3-6-19-10-12-8-14(17)16(15(18)9-12)20(2)11-13-5-4-7-21-13/h4-5,7-9,19H,3,6,10-11H2,1-2H3. The monoisotopic (exact) mass is 294 g/mol. The number of nitrogens with one attached hydrogen (secondary N) is 1. The lowest BCUT2D eigenvalue weighted by molar-refractivity contribution is 0.501. The quantitative estimate of drug-likeness (QED) is 0.789. The Bertz CT molecular complexity index is 547. The summed E-state index contributed by atoms with van der Waals surface area (Å²) in [5.74, 6) is -0.459. The van der Waals surface area contributed by atoms with Crippen molar-refractivity contribution in [1.29, 1.82) is 0 Å². The van der Waals surface area contributed by atoms with Crippen molar-refractivity contribution < 1.29 is 13.2 Å². The molecule has 2 rings (SSSR count). The van der Waals surface area contributed by atoms with Crippen LogP contribution in [0.25, 0.3) is 0 Å². The molecule has 3 nitrogen and oxygen atoms in total. The van der Waals surface area contributed by atoms with Crippen molar-refractivity contribution in [3.05, 3.63) is 53.5 Å². The second-order valence-electron chi connectivity index (χ2n) is 5.02. The minimum absolute atomic E-state index is 0.0364. The van der Waals surface area contributed by atoms with E-state index in [1.54, 1.807) is 25.4 Å². The minimum Gasteiger partial charge on any atom is -0.467 e. The predicted octanol–water partition coefficient (Wildman–Crippen LogP) is 3.69. The molecule has 0 aliphatic rings. The van der Waals surface area contributed by atoms with Crippen molar-refractivity contribution in [2.75, 3.05) is 18.5 Å². The summed E-state index contributed by atoms with van der Waals surface area (Å²) in [6, 6.07) is 6.27. The zero-order chi connectivity index (χ0) is 15.2. The number of furan rings is 1. The van der Waals surface area contributed by atoms with Crippen LogP contribution in [0.4, 0.5) is 14.5 Å². The summed E-state index contributed by atoms with van der Waals surface area (Å²) in [7, 11) is 1.64. The molecular weight excluding hydrogens is 274 g/mol. The number of rotatable bonds is 7. The molecule has 5 heteroatoms. The lowest BCUT2D eigenvalue weighted by Crippen LogP contribution is -2.20. The molecule has 1 N–H and O–H groups in total. The van der Waals surface area contributed by atoms with Gasteiger partial charge in [0.05, 0.1) is 12.8 Å². The Kier molecular flexibility index (Phi) is 5.33. The van der Waals surface area contributed by atoms with Crippen molar-refractivity contribution in [3.63, 3.8) is 0 Å². The normalized spacial score (nSPS) is 10.9. The van der Waals surface area contributed by atoms with Crippen LogP contribution in [-0.4, -0.2) is 13.6 Å². The molecule has 0 saturated carbocycles. The van der Waals surface area contributed by atoms with Gasteiger partial charge in [-0.15, -0.1) is 0 Å². The fourth-order valence-electron chi connectivity index (χ4n) is 2.21. The summed E-state index contributed by atoms with van der Waals surface area (Å²) in [5.41, 5.74) is 0.569. The van der Waals surface area contributed by atoms with Gasteiger partial charge in [-0.2, -0.15) is 0 Å². The lowest BCUT2D eigenvalue weighted by Gasteiger charge is -2.20. The Morgan fingerprint density at radius 3 is 2.52 bits per heavy atom. The Labute approximate surface area is 123 Å². The van der Waals surface area contributed by atoms with E-state index in [0.717, 1.165) is 13.0 Å². The SMILES string of the molecule is CCCNCc1cc(F)c(N(C)Cc2ccco2)c(F)c1. The zero-order valence-corrected chi connectivity index (χ0v) is 12.3. The molecule has 2 aromatic rings. The van der Waals surface area contributed by atoms with Crippen molar-refractivity contribution in [1.82, 2.24) is 5.32 Å². The van der Waals surface area contributed by atoms with Gasteiger partial charge in [0.25, 0.3) is 0 Å². The van der Waals surface area contributed by atoms with E-state index in [1.807, 2.05) is 6.92 Å². The molecule has 0 unspecified atom stereocenters. The summed E-state index contributed by atoms with van der Waals surface area (Å²) >= 11 is 0. The maximum absolute atomic E-state index is 14.2. The lowest BCUT2D eigenvalue weighted by atomic mass is 10.1. The van der Waals surface area contributed by atoms with E-state index in [9.17, 15) is 8.78 Å². The van der Waals surface area contributed by atoms with E-state index in [2.05, 4.69) is 5.32 Å². The number of hydrogen-bond donors (Lipinski definition) is 1. The van der Waals surface area contributed by atoms with E-state index in [4.69, 9.17) is 4.42 Å². The maximum Gasteiger partial charge on any atom is 0.149 e. The Morgan fingerprint density at radius 1 is 1.24 bits per heavy atom. The molecule has 0 radical (unpaired) electrons. The van der Waals surface area contributed by atoms with E-state index in [1.165, 1.54) is 17.0 Å². The van der Waals surface area contributed by atoms with Crippen molar-refractivity contribution in [3.8, 4) is 0 Å². The molecule has 1 heterocycles. The molecule has 1 aromatic carbocycles. The molecular formula is C16H20F2N2O. The topological polar surface area (TPSA) is 28.4 Å². The van der Waals surface area contributed by atoms with E-state index in [-0.39, 0.29) is 5.69 Å². The van der Waals surface area contributed by atoms with Crippen LogP contribution in [0.15, 0.2) is 34.9 Å². The molecule has 0 aliphatic carbocycles. The van der Waals surface area contributed by atoms with Gasteiger partial charge in [0, 0.05) is 13.6 Å². The largest absolute Gasteiger partial charge is 0.467 e. The van der Waals surface area contributed by atoms with Crippen molar-refractivity contribution in [2.24, 2.45) is 0 Å². The third-order valence-corrected chi connectivity index (χ3v) is 3.19. The first kappa shape index (κ1) is 15.5. The highest BCUT2D eigenvalue weighted by Gasteiger charge is 2.16. The third-order valence-electron chi connectivity index (χ3n) is 3.19. The van der Waals surface area contributed by atoms with Crippen LogP contribution in [-0.2, 0) is 13.1 Å². The van der Waals surface area contributed by atoms with Gasteiger partial charge in [-0.25, -0.2) is 8.78 Å². The molecule has 21 heavy (non-hydrogen) atoms. The maximum atomic E-state index is 14.2. The van der Waals surface area contributed by atoms with Crippen molar-refractivity contribution >= 4 is 5.69 Å². The number of halogens is 2. The third kappa shape index (κ3) is 4.04. The molecule has 0 spiro atoms. The van der Waals surface area contributed by atoms with Crippen LogP contribution in [0.1, 0.15) is 24.7 Å². The summed E-state index contributed by atoms with van der Waals surface area (Å²) in [6.07, 6.45) is 2.52. The highest BCUT2D eigenvalue weighted by atomic mass is 19.1. The van der Waals surface area contributed by atoms with Crippen molar-refractivity contribution in [2.45, 2.75) is 26.4 Å². The Balaban J connectivity index is 2.12. The zero-order valence-electron chi connectivity index (χ0n) is 12.3. The highest BCUT2D eigenvalue weighted by Crippen LogP contribution is 2.25. The fraction of sp³-hybridized carbons (Fsp3) is 0.375. The van der Waals surface area contributed by atoms with Crippen LogP contribution >= 0.6 is 0 Å². The summed E-state index contributed by atoms with van der Waals surface area (Å²) in [6.45, 7) is 3.64. The van der Waals surface area contributed by atoms with Crippen LogP contribution in [0.5, 0.6) is 0 Å².